The van der Waals surface area contributed by atoms with Gasteiger partial charge >= 0.3 is 0 Å². The Labute approximate surface area is 126 Å². The van der Waals surface area contributed by atoms with E-state index < -0.39 is 0 Å². The lowest BCUT2D eigenvalue weighted by atomic mass is 9.89. The summed E-state index contributed by atoms with van der Waals surface area (Å²) < 4.78 is 1.16. The normalized spacial score (nSPS) is 14.4. The third-order valence-corrected chi connectivity index (χ3v) is 5.35. The van der Waals surface area contributed by atoms with Crippen molar-refractivity contribution in [3.63, 3.8) is 0 Å². The molecule has 0 N–H and O–H groups in total. The van der Waals surface area contributed by atoms with Gasteiger partial charge in [0.2, 0.25) is 0 Å². The quantitative estimate of drug-likeness (QED) is 0.572. The molecule has 0 amide bonds. The molecule has 0 aliphatic carbocycles. The summed E-state index contributed by atoms with van der Waals surface area (Å²) in [5.74, 6) is 0.369. The Morgan fingerprint density at radius 3 is 2.44 bits per heavy atom. The van der Waals surface area contributed by atoms with Gasteiger partial charge in [0.1, 0.15) is 0 Å². The zero-order valence-electron chi connectivity index (χ0n) is 10.5. The predicted octanol–water partition coefficient (Wildman–Crippen LogP) is 6.29. The second-order valence-corrected chi connectivity index (χ2v) is 7.49. The van der Waals surface area contributed by atoms with Gasteiger partial charge in [-0.15, -0.1) is 22.9 Å². The third kappa shape index (κ3) is 2.98. The molecule has 1 aromatic carbocycles. The van der Waals surface area contributed by atoms with Crippen molar-refractivity contribution in [2.45, 2.75) is 31.6 Å². The standard InChI is InChI=1S/C15H16BrClS/c1-3-12(11-7-5-4-6-8-11)15(17)13-9-14(16)18-10(13)2/h4-9,12,15H,3H2,1-2H3. The summed E-state index contributed by atoms with van der Waals surface area (Å²) in [7, 11) is 0. The van der Waals surface area contributed by atoms with Gasteiger partial charge in [-0.05, 0) is 46.5 Å². The first-order valence-electron chi connectivity index (χ1n) is 6.08. The number of benzene rings is 1. The summed E-state index contributed by atoms with van der Waals surface area (Å²) in [6.07, 6.45) is 1.05. The first-order chi connectivity index (χ1) is 8.63. The molecule has 0 spiro atoms. The molecule has 2 rings (SSSR count). The van der Waals surface area contributed by atoms with Crippen LogP contribution in [0.3, 0.4) is 0 Å². The predicted molar refractivity (Wildman–Crippen MR) is 84.8 cm³/mol. The summed E-state index contributed by atoms with van der Waals surface area (Å²) in [6, 6.07) is 12.7. The van der Waals surface area contributed by atoms with Gasteiger partial charge in [-0.1, -0.05) is 37.3 Å². The Hall–Kier alpha value is -0.310. The maximum atomic E-state index is 6.71. The van der Waals surface area contributed by atoms with E-state index in [2.05, 4.69) is 60.1 Å². The molecule has 18 heavy (non-hydrogen) atoms. The van der Waals surface area contributed by atoms with Crippen LogP contribution < -0.4 is 0 Å². The summed E-state index contributed by atoms with van der Waals surface area (Å²) in [6.45, 7) is 4.33. The van der Waals surface area contributed by atoms with Crippen molar-refractivity contribution in [2.75, 3.05) is 0 Å². The van der Waals surface area contributed by atoms with Crippen LogP contribution in [0.25, 0.3) is 0 Å². The second-order valence-electron chi connectivity index (χ2n) is 4.39. The highest BCUT2D eigenvalue weighted by atomic mass is 79.9. The van der Waals surface area contributed by atoms with Crippen LogP contribution in [0.5, 0.6) is 0 Å². The molecule has 0 fully saturated rings. The molecular weight excluding hydrogens is 328 g/mol. The topological polar surface area (TPSA) is 0 Å². The van der Waals surface area contributed by atoms with E-state index in [1.807, 2.05) is 6.07 Å². The van der Waals surface area contributed by atoms with Crippen LogP contribution in [0.4, 0.5) is 0 Å². The zero-order chi connectivity index (χ0) is 13.1. The molecule has 0 saturated heterocycles. The molecular formula is C15H16BrClS. The average Bonchev–Trinajstić information content (AvgIpc) is 2.70. The van der Waals surface area contributed by atoms with E-state index in [-0.39, 0.29) is 5.38 Å². The Morgan fingerprint density at radius 2 is 1.94 bits per heavy atom. The highest BCUT2D eigenvalue weighted by Gasteiger charge is 2.23. The minimum atomic E-state index is 0.0416. The number of halogens is 2. The fourth-order valence-corrected chi connectivity index (χ4v) is 4.63. The molecule has 2 aromatic rings. The highest BCUT2D eigenvalue weighted by molar-refractivity contribution is 9.11. The molecule has 0 saturated carbocycles. The molecule has 3 heteroatoms. The van der Waals surface area contributed by atoms with Crippen LogP contribution >= 0.6 is 38.9 Å². The molecule has 1 aromatic heterocycles. The highest BCUT2D eigenvalue weighted by Crippen LogP contribution is 2.43. The van der Waals surface area contributed by atoms with E-state index in [0.29, 0.717) is 5.92 Å². The lowest BCUT2D eigenvalue weighted by molar-refractivity contribution is 0.640. The Bertz CT molecular complexity index is 506. The van der Waals surface area contributed by atoms with Crippen LogP contribution in [-0.4, -0.2) is 0 Å². The fourth-order valence-electron chi connectivity index (χ4n) is 2.26. The van der Waals surface area contributed by atoms with E-state index in [4.69, 9.17) is 11.6 Å². The Kier molecular flexibility index (Phi) is 4.88. The van der Waals surface area contributed by atoms with E-state index >= 15 is 0 Å². The molecule has 0 radical (unpaired) electrons. The average molecular weight is 344 g/mol. The SMILES string of the molecule is CCC(c1ccccc1)C(Cl)c1cc(Br)sc1C. The monoisotopic (exact) mass is 342 g/mol. The van der Waals surface area contributed by atoms with Crippen LogP contribution in [0.1, 0.15) is 40.6 Å². The van der Waals surface area contributed by atoms with E-state index in [1.165, 1.54) is 16.0 Å². The molecule has 0 bridgehead atoms. The third-order valence-electron chi connectivity index (χ3n) is 3.24. The largest absolute Gasteiger partial charge is 0.133 e. The van der Waals surface area contributed by atoms with Crippen molar-refractivity contribution in [3.05, 3.63) is 56.2 Å². The fraction of sp³-hybridized carbons (Fsp3) is 0.333. The van der Waals surface area contributed by atoms with Crippen molar-refractivity contribution < 1.29 is 0 Å². The van der Waals surface area contributed by atoms with Crippen molar-refractivity contribution >= 4 is 38.9 Å². The number of hydrogen-bond donors (Lipinski definition) is 0. The van der Waals surface area contributed by atoms with Gasteiger partial charge in [0, 0.05) is 10.8 Å². The lowest BCUT2D eigenvalue weighted by Crippen LogP contribution is -2.05. The maximum Gasteiger partial charge on any atom is 0.0704 e. The van der Waals surface area contributed by atoms with Crippen molar-refractivity contribution in [2.24, 2.45) is 0 Å². The van der Waals surface area contributed by atoms with Gasteiger partial charge in [0.15, 0.2) is 0 Å². The number of rotatable bonds is 4. The summed E-state index contributed by atoms with van der Waals surface area (Å²) in [4.78, 5) is 1.30. The van der Waals surface area contributed by atoms with Crippen molar-refractivity contribution in [1.29, 1.82) is 0 Å². The molecule has 2 atom stereocenters. The second kappa shape index (κ2) is 6.23. The van der Waals surface area contributed by atoms with Gasteiger partial charge in [-0.3, -0.25) is 0 Å². The zero-order valence-corrected chi connectivity index (χ0v) is 13.6. The molecule has 2 unspecified atom stereocenters. The number of hydrogen-bond acceptors (Lipinski definition) is 1. The summed E-state index contributed by atoms with van der Waals surface area (Å²) in [5, 5.41) is 0.0416. The van der Waals surface area contributed by atoms with Gasteiger partial charge in [0.05, 0.1) is 9.16 Å². The molecule has 0 nitrogen and oxygen atoms in total. The maximum absolute atomic E-state index is 6.71. The summed E-state index contributed by atoms with van der Waals surface area (Å²) in [5.41, 5.74) is 2.57. The number of aryl methyl sites for hydroxylation is 1. The van der Waals surface area contributed by atoms with Crippen LogP contribution in [0.2, 0.25) is 0 Å². The van der Waals surface area contributed by atoms with Gasteiger partial charge in [0.25, 0.3) is 0 Å². The number of alkyl halides is 1. The Balaban J connectivity index is 2.31. The van der Waals surface area contributed by atoms with Crippen molar-refractivity contribution in [3.8, 4) is 0 Å². The van der Waals surface area contributed by atoms with Gasteiger partial charge in [-0.25, -0.2) is 0 Å². The summed E-state index contributed by atoms with van der Waals surface area (Å²) >= 11 is 12.0. The van der Waals surface area contributed by atoms with Gasteiger partial charge < -0.3 is 0 Å². The minimum Gasteiger partial charge on any atom is -0.133 e. The molecule has 0 aliphatic rings. The lowest BCUT2D eigenvalue weighted by Gasteiger charge is -2.21. The minimum absolute atomic E-state index is 0.0416. The van der Waals surface area contributed by atoms with E-state index in [1.54, 1.807) is 11.3 Å². The smallest absolute Gasteiger partial charge is 0.0704 e. The molecule has 96 valence electrons. The van der Waals surface area contributed by atoms with E-state index in [0.717, 1.165) is 10.2 Å². The van der Waals surface area contributed by atoms with Crippen LogP contribution in [-0.2, 0) is 0 Å². The molecule has 1 heterocycles. The van der Waals surface area contributed by atoms with E-state index in [9.17, 15) is 0 Å². The first kappa shape index (κ1) is 14.1. The Morgan fingerprint density at radius 1 is 1.28 bits per heavy atom. The molecule has 0 aliphatic heterocycles. The van der Waals surface area contributed by atoms with Crippen LogP contribution in [0.15, 0.2) is 40.2 Å². The van der Waals surface area contributed by atoms with Crippen molar-refractivity contribution in [1.82, 2.24) is 0 Å². The van der Waals surface area contributed by atoms with Crippen LogP contribution in [0, 0.1) is 6.92 Å². The number of thiophene rings is 1. The van der Waals surface area contributed by atoms with Gasteiger partial charge in [-0.2, -0.15) is 0 Å². The first-order valence-corrected chi connectivity index (χ1v) is 8.13.